The standard InChI is InChI=1S/C18H25O2S/c19-21(20,14-13-15-5-1-2-6-15)18-11-9-17(10-12-18)16-7-3-4-8-16/h9-12,16H,1-8,13-14H2. The molecule has 2 aliphatic rings. The summed E-state index contributed by atoms with van der Waals surface area (Å²) >= 11 is 0. The maximum atomic E-state index is 12.4. The maximum absolute atomic E-state index is 12.4. The molecular formula is C18H25O2S. The Morgan fingerprint density at radius 3 is 2.14 bits per heavy atom. The third-order valence-corrected chi connectivity index (χ3v) is 6.83. The van der Waals surface area contributed by atoms with Crippen molar-refractivity contribution in [2.24, 2.45) is 0 Å². The molecule has 1 aromatic carbocycles. The first-order valence-electron chi connectivity index (χ1n) is 8.31. The molecule has 21 heavy (non-hydrogen) atoms. The zero-order valence-corrected chi connectivity index (χ0v) is 13.5. The van der Waals surface area contributed by atoms with Gasteiger partial charge in [-0.15, -0.1) is 0 Å². The van der Waals surface area contributed by atoms with Gasteiger partial charge in [-0.2, -0.15) is 0 Å². The van der Waals surface area contributed by atoms with Crippen molar-refractivity contribution in [3.63, 3.8) is 0 Å². The Hall–Kier alpha value is -0.830. The van der Waals surface area contributed by atoms with Crippen molar-refractivity contribution in [2.45, 2.75) is 68.6 Å². The van der Waals surface area contributed by atoms with E-state index in [0.717, 1.165) is 19.3 Å². The first-order chi connectivity index (χ1) is 10.1. The van der Waals surface area contributed by atoms with E-state index in [1.807, 2.05) is 24.3 Å². The lowest BCUT2D eigenvalue weighted by molar-refractivity contribution is 0.592. The predicted octanol–water partition coefficient (Wildman–Crippen LogP) is 4.66. The van der Waals surface area contributed by atoms with Gasteiger partial charge in [-0.25, -0.2) is 8.42 Å². The molecule has 0 N–H and O–H groups in total. The Kier molecular flexibility index (Phi) is 4.68. The Bertz CT molecular complexity index is 547. The second-order valence-electron chi connectivity index (χ2n) is 6.58. The molecule has 115 valence electrons. The Balaban J connectivity index is 1.64. The van der Waals surface area contributed by atoms with Crippen molar-refractivity contribution >= 4 is 9.84 Å². The fourth-order valence-corrected chi connectivity index (χ4v) is 5.07. The van der Waals surface area contributed by atoms with E-state index in [9.17, 15) is 8.42 Å². The van der Waals surface area contributed by atoms with Crippen LogP contribution in [0, 0.1) is 5.92 Å². The van der Waals surface area contributed by atoms with Gasteiger partial charge in [-0.05, 0) is 61.6 Å². The van der Waals surface area contributed by atoms with Gasteiger partial charge in [0, 0.05) is 0 Å². The molecule has 0 atom stereocenters. The summed E-state index contributed by atoms with van der Waals surface area (Å²) in [5.74, 6) is 2.38. The molecule has 2 nitrogen and oxygen atoms in total. The lowest BCUT2D eigenvalue weighted by Gasteiger charge is -2.12. The summed E-state index contributed by atoms with van der Waals surface area (Å²) in [5.41, 5.74) is 1.32. The number of hydrogen-bond donors (Lipinski definition) is 0. The van der Waals surface area contributed by atoms with Crippen LogP contribution >= 0.6 is 0 Å². The Morgan fingerprint density at radius 1 is 0.905 bits per heavy atom. The smallest absolute Gasteiger partial charge is 0.178 e. The van der Waals surface area contributed by atoms with Crippen molar-refractivity contribution in [1.29, 1.82) is 0 Å². The highest BCUT2D eigenvalue weighted by atomic mass is 32.2. The molecule has 1 aromatic rings. The summed E-state index contributed by atoms with van der Waals surface area (Å²) in [6.07, 6.45) is 10.6. The van der Waals surface area contributed by atoms with Gasteiger partial charge < -0.3 is 0 Å². The molecule has 2 saturated carbocycles. The van der Waals surface area contributed by atoms with Crippen molar-refractivity contribution in [1.82, 2.24) is 0 Å². The molecule has 0 aromatic heterocycles. The van der Waals surface area contributed by atoms with Gasteiger partial charge in [0.05, 0.1) is 10.6 Å². The van der Waals surface area contributed by atoms with Gasteiger partial charge in [0.1, 0.15) is 0 Å². The SMILES string of the molecule is O=S(=O)(CC[C]1CCCC1)c1ccc(C2CCCC2)cc1. The van der Waals surface area contributed by atoms with E-state index in [-0.39, 0.29) is 5.75 Å². The van der Waals surface area contributed by atoms with Crippen molar-refractivity contribution in [3.05, 3.63) is 35.7 Å². The fourth-order valence-electron chi connectivity index (χ4n) is 3.73. The minimum absolute atomic E-state index is 0.283. The van der Waals surface area contributed by atoms with Crippen LogP contribution in [-0.2, 0) is 9.84 Å². The van der Waals surface area contributed by atoms with Gasteiger partial charge in [0.15, 0.2) is 9.84 Å². The summed E-state index contributed by atoms with van der Waals surface area (Å²) in [7, 11) is -3.11. The summed E-state index contributed by atoms with van der Waals surface area (Å²) in [5, 5.41) is 0. The molecule has 3 heteroatoms. The van der Waals surface area contributed by atoms with Gasteiger partial charge in [-0.3, -0.25) is 0 Å². The molecule has 3 rings (SSSR count). The lowest BCUT2D eigenvalue weighted by atomic mass is 9.98. The second kappa shape index (κ2) is 6.51. The summed E-state index contributed by atoms with van der Waals surface area (Å²) in [6, 6.07) is 7.71. The maximum Gasteiger partial charge on any atom is 0.178 e. The fraction of sp³-hybridized carbons (Fsp3) is 0.611. The summed E-state index contributed by atoms with van der Waals surface area (Å²) in [4.78, 5) is 0.503. The molecule has 0 heterocycles. The van der Waals surface area contributed by atoms with Crippen LogP contribution in [0.4, 0.5) is 0 Å². The van der Waals surface area contributed by atoms with Gasteiger partial charge in [0.2, 0.25) is 0 Å². The molecule has 2 aliphatic carbocycles. The summed E-state index contributed by atoms with van der Waals surface area (Å²) in [6.45, 7) is 0. The molecule has 0 amide bonds. The molecule has 2 fully saturated rings. The topological polar surface area (TPSA) is 34.1 Å². The first kappa shape index (κ1) is 15.1. The van der Waals surface area contributed by atoms with E-state index in [1.165, 1.54) is 50.0 Å². The quantitative estimate of drug-likeness (QED) is 0.793. The lowest BCUT2D eigenvalue weighted by Crippen LogP contribution is -2.09. The molecule has 0 aliphatic heterocycles. The van der Waals surface area contributed by atoms with E-state index < -0.39 is 9.84 Å². The molecular weight excluding hydrogens is 280 g/mol. The van der Waals surface area contributed by atoms with Gasteiger partial charge >= 0.3 is 0 Å². The molecule has 0 bridgehead atoms. The van der Waals surface area contributed by atoms with Crippen LogP contribution in [0.5, 0.6) is 0 Å². The van der Waals surface area contributed by atoms with Crippen LogP contribution in [0.15, 0.2) is 29.2 Å². The van der Waals surface area contributed by atoms with Gasteiger partial charge in [0.25, 0.3) is 0 Å². The molecule has 1 radical (unpaired) electrons. The summed E-state index contributed by atoms with van der Waals surface area (Å²) < 4.78 is 24.8. The van der Waals surface area contributed by atoms with Crippen LogP contribution in [0.3, 0.4) is 0 Å². The third-order valence-electron chi connectivity index (χ3n) is 5.10. The Morgan fingerprint density at radius 2 is 1.52 bits per heavy atom. The number of rotatable bonds is 5. The van der Waals surface area contributed by atoms with Crippen molar-refractivity contribution < 1.29 is 8.42 Å². The van der Waals surface area contributed by atoms with Crippen LogP contribution < -0.4 is 0 Å². The zero-order valence-electron chi connectivity index (χ0n) is 12.7. The minimum atomic E-state index is -3.11. The number of sulfone groups is 1. The third kappa shape index (κ3) is 3.68. The largest absolute Gasteiger partial charge is 0.224 e. The van der Waals surface area contributed by atoms with E-state index in [2.05, 4.69) is 0 Å². The van der Waals surface area contributed by atoms with E-state index in [0.29, 0.717) is 10.8 Å². The van der Waals surface area contributed by atoms with E-state index in [1.54, 1.807) is 0 Å². The van der Waals surface area contributed by atoms with E-state index in [4.69, 9.17) is 0 Å². The highest BCUT2D eigenvalue weighted by Gasteiger charge is 2.22. The van der Waals surface area contributed by atoms with Crippen LogP contribution in [0.25, 0.3) is 0 Å². The minimum Gasteiger partial charge on any atom is -0.224 e. The van der Waals surface area contributed by atoms with Crippen LogP contribution in [-0.4, -0.2) is 14.2 Å². The van der Waals surface area contributed by atoms with Gasteiger partial charge in [-0.1, -0.05) is 37.8 Å². The van der Waals surface area contributed by atoms with E-state index >= 15 is 0 Å². The normalized spacial score (nSPS) is 21.1. The molecule has 0 unspecified atom stereocenters. The Labute approximate surface area is 128 Å². The number of hydrogen-bond acceptors (Lipinski definition) is 2. The van der Waals surface area contributed by atoms with Crippen LogP contribution in [0.1, 0.15) is 69.3 Å². The highest BCUT2D eigenvalue weighted by molar-refractivity contribution is 7.91. The monoisotopic (exact) mass is 305 g/mol. The zero-order chi connectivity index (χ0) is 14.7. The molecule has 0 spiro atoms. The molecule has 0 saturated heterocycles. The average Bonchev–Trinajstić information content (AvgIpc) is 3.19. The second-order valence-corrected chi connectivity index (χ2v) is 8.69. The predicted molar refractivity (Wildman–Crippen MR) is 86.0 cm³/mol. The average molecular weight is 305 g/mol. The number of benzene rings is 1. The first-order valence-corrected chi connectivity index (χ1v) is 9.97. The van der Waals surface area contributed by atoms with Crippen LogP contribution in [0.2, 0.25) is 0 Å². The van der Waals surface area contributed by atoms with Crippen molar-refractivity contribution in [3.8, 4) is 0 Å². The van der Waals surface area contributed by atoms with Crippen molar-refractivity contribution in [2.75, 3.05) is 5.75 Å². The highest BCUT2D eigenvalue weighted by Crippen LogP contribution is 2.35.